The highest BCUT2D eigenvalue weighted by Gasteiger charge is 2.30. The Labute approximate surface area is 211 Å². The summed E-state index contributed by atoms with van der Waals surface area (Å²) < 4.78 is 50.9. The van der Waals surface area contributed by atoms with Crippen molar-refractivity contribution in [2.45, 2.75) is 43.2 Å². The molecule has 188 valence electrons. The molecule has 3 aromatic carbocycles. The zero-order valence-electron chi connectivity index (χ0n) is 20.0. The van der Waals surface area contributed by atoms with Crippen LogP contribution in [0.4, 0.5) is 13.2 Å². The molecule has 0 aliphatic heterocycles. The predicted molar refractivity (Wildman–Crippen MR) is 134 cm³/mol. The van der Waals surface area contributed by atoms with Gasteiger partial charge in [0.1, 0.15) is 5.75 Å². The van der Waals surface area contributed by atoms with Gasteiger partial charge in [-0.1, -0.05) is 18.2 Å². The Morgan fingerprint density at radius 3 is 2.36 bits per heavy atom. The second kappa shape index (κ2) is 10.7. The number of ether oxygens (including phenoxy) is 2. The van der Waals surface area contributed by atoms with Crippen LogP contribution in [0.15, 0.2) is 77.8 Å². The zero-order valence-corrected chi connectivity index (χ0v) is 20.8. The molecule has 0 N–H and O–H groups in total. The number of hydrogen-bond acceptors (Lipinski definition) is 5. The maximum Gasteiger partial charge on any atom is 0.416 e. The van der Waals surface area contributed by atoms with E-state index in [1.54, 1.807) is 30.3 Å². The standard InChI is InChI=1S/C27H25F3N2O3S/c1-4-34-26(33)17(2)35-22-12-14-23(15-13-22)36-18(3)24-7-5-6-19-16-32(31-25(19)24)21-10-8-20(9-11-21)27(28,29)30/h5-18H,4H2,1-3H3. The highest BCUT2D eigenvalue weighted by Crippen LogP contribution is 2.38. The number of nitrogens with zero attached hydrogens (tertiary/aromatic N) is 2. The molecule has 4 rings (SSSR count). The van der Waals surface area contributed by atoms with Crippen LogP contribution in [0, 0.1) is 0 Å². The van der Waals surface area contributed by atoms with Crippen molar-refractivity contribution in [3.63, 3.8) is 0 Å². The van der Waals surface area contributed by atoms with E-state index < -0.39 is 23.8 Å². The molecule has 5 nitrogen and oxygen atoms in total. The topological polar surface area (TPSA) is 53.4 Å². The van der Waals surface area contributed by atoms with Crippen LogP contribution in [0.2, 0.25) is 0 Å². The van der Waals surface area contributed by atoms with E-state index in [0.717, 1.165) is 33.5 Å². The summed E-state index contributed by atoms with van der Waals surface area (Å²) in [6.45, 7) is 5.77. The van der Waals surface area contributed by atoms with Crippen LogP contribution in [0.1, 0.15) is 37.1 Å². The van der Waals surface area contributed by atoms with Gasteiger partial charge in [0.15, 0.2) is 6.10 Å². The van der Waals surface area contributed by atoms with Gasteiger partial charge >= 0.3 is 12.1 Å². The fourth-order valence-corrected chi connectivity index (χ4v) is 4.73. The van der Waals surface area contributed by atoms with Crippen LogP contribution in [0.3, 0.4) is 0 Å². The Balaban J connectivity index is 1.49. The average Bonchev–Trinajstić information content (AvgIpc) is 3.29. The summed E-state index contributed by atoms with van der Waals surface area (Å²) in [6.07, 6.45) is -3.26. The second-order valence-electron chi connectivity index (χ2n) is 8.15. The molecule has 0 aliphatic carbocycles. The summed E-state index contributed by atoms with van der Waals surface area (Å²) in [6, 6.07) is 18.3. The van der Waals surface area contributed by atoms with Crippen molar-refractivity contribution in [2.24, 2.45) is 0 Å². The lowest BCUT2D eigenvalue weighted by atomic mass is 10.1. The minimum Gasteiger partial charge on any atom is -0.479 e. The molecule has 0 saturated heterocycles. The summed E-state index contributed by atoms with van der Waals surface area (Å²) in [5, 5.41) is 5.62. The molecule has 0 saturated carbocycles. The summed E-state index contributed by atoms with van der Waals surface area (Å²) in [4.78, 5) is 12.8. The Bertz CT molecular complexity index is 1340. The third-order valence-corrected chi connectivity index (χ3v) is 6.68. The molecule has 36 heavy (non-hydrogen) atoms. The number of esters is 1. The third-order valence-electron chi connectivity index (χ3n) is 5.53. The van der Waals surface area contributed by atoms with Gasteiger partial charge in [0.2, 0.25) is 0 Å². The molecule has 4 aromatic rings. The van der Waals surface area contributed by atoms with E-state index >= 15 is 0 Å². The molecule has 9 heteroatoms. The first-order chi connectivity index (χ1) is 17.2. The van der Waals surface area contributed by atoms with Gasteiger partial charge in [0.05, 0.1) is 23.4 Å². The van der Waals surface area contributed by atoms with Gasteiger partial charge < -0.3 is 9.47 Å². The number of rotatable bonds is 8. The van der Waals surface area contributed by atoms with Crippen molar-refractivity contribution >= 4 is 28.6 Å². The van der Waals surface area contributed by atoms with E-state index in [1.807, 2.05) is 48.7 Å². The van der Waals surface area contributed by atoms with E-state index in [0.29, 0.717) is 18.0 Å². The molecule has 0 aliphatic rings. The molecule has 0 bridgehead atoms. The van der Waals surface area contributed by atoms with Crippen molar-refractivity contribution in [3.05, 3.63) is 84.1 Å². The van der Waals surface area contributed by atoms with Gasteiger partial charge in [-0.3, -0.25) is 0 Å². The van der Waals surface area contributed by atoms with Gasteiger partial charge in [0.25, 0.3) is 0 Å². The fraction of sp³-hybridized carbons (Fsp3) is 0.259. The number of aromatic nitrogens is 2. The van der Waals surface area contributed by atoms with Crippen molar-refractivity contribution in [1.82, 2.24) is 9.78 Å². The SMILES string of the molecule is CCOC(=O)C(C)Oc1ccc(SC(C)c2cccc3cn(-c4ccc(C(F)(F)F)cc4)nc23)cc1. The molecule has 0 radical (unpaired) electrons. The molecular formula is C27H25F3N2O3S. The number of fused-ring (bicyclic) bond motifs is 1. The second-order valence-corrected chi connectivity index (χ2v) is 9.56. The average molecular weight is 515 g/mol. The monoisotopic (exact) mass is 514 g/mol. The minimum atomic E-state index is -4.38. The molecule has 1 heterocycles. The number of halogens is 3. The maximum absolute atomic E-state index is 12.9. The van der Waals surface area contributed by atoms with Gasteiger partial charge in [-0.15, -0.1) is 11.8 Å². The van der Waals surface area contributed by atoms with Crippen LogP contribution in [-0.4, -0.2) is 28.5 Å². The quantitative estimate of drug-likeness (QED) is 0.183. The van der Waals surface area contributed by atoms with Gasteiger partial charge in [-0.05, 0) is 74.9 Å². The number of carbonyl (C=O) groups is 1. The van der Waals surface area contributed by atoms with E-state index in [9.17, 15) is 18.0 Å². The molecule has 0 amide bonds. The van der Waals surface area contributed by atoms with Crippen molar-refractivity contribution in [2.75, 3.05) is 6.61 Å². The predicted octanol–water partition coefficient (Wildman–Crippen LogP) is 7.23. The van der Waals surface area contributed by atoms with Crippen molar-refractivity contribution < 1.29 is 27.4 Å². The first-order valence-electron chi connectivity index (χ1n) is 11.4. The third kappa shape index (κ3) is 5.84. The van der Waals surface area contributed by atoms with E-state index in [-0.39, 0.29) is 5.25 Å². The smallest absolute Gasteiger partial charge is 0.416 e. The van der Waals surface area contributed by atoms with E-state index in [4.69, 9.17) is 9.47 Å². The molecular weight excluding hydrogens is 489 g/mol. The summed E-state index contributed by atoms with van der Waals surface area (Å²) in [7, 11) is 0. The lowest BCUT2D eigenvalue weighted by Gasteiger charge is -2.15. The highest BCUT2D eigenvalue weighted by molar-refractivity contribution is 7.99. The summed E-state index contributed by atoms with van der Waals surface area (Å²) in [5.41, 5.74) is 1.67. The number of hydrogen-bond donors (Lipinski definition) is 0. The Hall–Kier alpha value is -3.46. The molecule has 2 unspecified atom stereocenters. The molecule has 0 fully saturated rings. The van der Waals surface area contributed by atoms with Crippen LogP contribution < -0.4 is 4.74 Å². The fourth-order valence-electron chi connectivity index (χ4n) is 3.71. The Morgan fingerprint density at radius 1 is 1.03 bits per heavy atom. The molecule has 0 spiro atoms. The van der Waals surface area contributed by atoms with E-state index in [1.165, 1.54) is 12.1 Å². The molecule has 2 atom stereocenters. The summed E-state index contributed by atoms with van der Waals surface area (Å²) >= 11 is 1.64. The van der Waals surface area contributed by atoms with Gasteiger partial charge in [-0.2, -0.15) is 18.3 Å². The number of alkyl halides is 3. The normalized spacial score (nSPS) is 13.4. The number of benzene rings is 3. The number of thioether (sulfide) groups is 1. The van der Waals surface area contributed by atoms with Crippen LogP contribution >= 0.6 is 11.8 Å². The first-order valence-corrected chi connectivity index (χ1v) is 12.3. The number of carbonyl (C=O) groups excluding carboxylic acids is 1. The van der Waals surface area contributed by atoms with E-state index in [2.05, 4.69) is 12.0 Å². The maximum atomic E-state index is 12.9. The molecule has 1 aromatic heterocycles. The lowest BCUT2D eigenvalue weighted by Crippen LogP contribution is -2.25. The Morgan fingerprint density at radius 2 is 1.72 bits per heavy atom. The van der Waals surface area contributed by atoms with Crippen LogP contribution in [0.25, 0.3) is 16.6 Å². The van der Waals surface area contributed by atoms with Crippen molar-refractivity contribution in [1.29, 1.82) is 0 Å². The Kier molecular flexibility index (Phi) is 7.59. The lowest BCUT2D eigenvalue weighted by molar-refractivity contribution is -0.150. The minimum absolute atomic E-state index is 0.0508. The largest absolute Gasteiger partial charge is 0.479 e. The highest BCUT2D eigenvalue weighted by atomic mass is 32.2. The van der Waals surface area contributed by atoms with Crippen LogP contribution in [-0.2, 0) is 15.7 Å². The zero-order chi connectivity index (χ0) is 25.9. The first kappa shape index (κ1) is 25.6. The van der Waals surface area contributed by atoms with Crippen molar-refractivity contribution in [3.8, 4) is 11.4 Å². The van der Waals surface area contributed by atoms with Gasteiger partial charge in [-0.25, -0.2) is 9.48 Å². The van der Waals surface area contributed by atoms with Gasteiger partial charge in [0, 0.05) is 21.7 Å². The van der Waals surface area contributed by atoms with Crippen LogP contribution in [0.5, 0.6) is 5.75 Å². The summed E-state index contributed by atoms with van der Waals surface area (Å²) in [5.74, 6) is 0.165.